The van der Waals surface area contributed by atoms with Crippen LogP contribution >= 0.6 is 23.2 Å². The van der Waals surface area contributed by atoms with Gasteiger partial charge in [-0.2, -0.15) is 5.10 Å². The largest absolute Gasteiger partial charge is 0.507 e. The van der Waals surface area contributed by atoms with Crippen molar-refractivity contribution in [3.8, 4) is 11.5 Å². The van der Waals surface area contributed by atoms with E-state index in [9.17, 15) is 5.11 Å². The number of nitrogens with one attached hydrogen (secondary N) is 1. The second-order valence-corrected chi connectivity index (χ2v) is 6.76. The van der Waals surface area contributed by atoms with Crippen LogP contribution in [0.3, 0.4) is 0 Å². The van der Waals surface area contributed by atoms with Crippen LogP contribution < -0.4 is 15.9 Å². The van der Waals surface area contributed by atoms with Crippen LogP contribution in [0.5, 0.6) is 11.5 Å². The lowest BCUT2D eigenvalue weighted by molar-refractivity contribution is 0.314. The third-order valence-corrected chi connectivity index (χ3v) is 4.85. The number of nitrogens with two attached hydrogens (primary N) is 1. The highest BCUT2D eigenvalue weighted by molar-refractivity contribution is 6.42. The Hall–Kier alpha value is -3.63. The fourth-order valence-corrected chi connectivity index (χ4v) is 3.00. The number of phenolic OH excluding ortho intramolecular Hbond substituents is 1. The molecular weight excluding hydrogens is 433 g/mol. The molecule has 0 amide bonds. The molecule has 2 aromatic carbocycles. The number of nitrogens with zero attached hydrogens (tertiary/aromatic N) is 5. The van der Waals surface area contributed by atoms with E-state index in [1.165, 1.54) is 13.2 Å². The maximum absolute atomic E-state index is 10.4. The van der Waals surface area contributed by atoms with E-state index in [-0.39, 0.29) is 34.3 Å². The van der Waals surface area contributed by atoms with Crippen LogP contribution in [0.2, 0.25) is 10.0 Å². The zero-order valence-corrected chi connectivity index (χ0v) is 16.8. The number of aromatic hydroxyl groups is 1. The van der Waals surface area contributed by atoms with E-state index in [1.54, 1.807) is 30.3 Å². The van der Waals surface area contributed by atoms with Crippen molar-refractivity contribution in [1.29, 1.82) is 0 Å². The Kier molecular flexibility index (Phi) is 5.25. The predicted octanol–water partition coefficient (Wildman–Crippen LogP) is 3.49. The third kappa shape index (κ3) is 3.65. The quantitative estimate of drug-likeness (QED) is 0.238. The normalized spacial score (nSPS) is 11.6. The molecule has 0 saturated heterocycles. The van der Waals surface area contributed by atoms with Gasteiger partial charge in [-0.05, 0) is 40.6 Å². The van der Waals surface area contributed by atoms with Crippen LogP contribution in [-0.2, 0) is 0 Å². The minimum absolute atomic E-state index is 0.112. The Bertz CT molecular complexity index is 1280. The number of hydrogen-bond donors (Lipinski definition) is 3. The van der Waals surface area contributed by atoms with Gasteiger partial charge in [-0.1, -0.05) is 23.2 Å². The molecule has 0 fully saturated rings. The van der Waals surface area contributed by atoms with Crippen molar-refractivity contribution in [2.75, 3.05) is 12.4 Å². The summed E-state index contributed by atoms with van der Waals surface area (Å²) in [7, 11) is 1.49. The monoisotopic (exact) mass is 445 g/mol. The number of benzene rings is 2. The summed E-state index contributed by atoms with van der Waals surface area (Å²) in [6.45, 7) is 0. The predicted molar refractivity (Wildman–Crippen MR) is 112 cm³/mol. The summed E-state index contributed by atoms with van der Waals surface area (Å²) < 4.78 is 9.82. The molecule has 0 unspecified atom stereocenters. The highest BCUT2D eigenvalue weighted by Crippen LogP contribution is 2.31. The Balaban J connectivity index is 1.85. The lowest BCUT2D eigenvalue weighted by Crippen LogP contribution is -2.13. The molecule has 10 nitrogen and oxygen atoms in total. The first-order chi connectivity index (χ1) is 14.5. The number of methoxy groups -OCH3 is 1. The Labute approximate surface area is 179 Å². The van der Waals surface area contributed by atoms with Gasteiger partial charge in [0.05, 0.1) is 17.2 Å². The highest BCUT2D eigenvalue weighted by Gasteiger charge is 2.22. The number of fused-ring (bicyclic) bond motifs is 1. The summed E-state index contributed by atoms with van der Waals surface area (Å²) >= 11 is 12.1. The van der Waals surface area contributed by atoms with Crippen LogP contribution in [0.1, 0.15) is 11.3 Å². The van der Waals surface area contributed by atoms with Crippen molar-refractivity contribution in [2.24, 2.45) is 10.9 Å². The second kappa shape index (κ2) is 8.01. The van der Waals surface area contributed by atoms with Gasteiger partial charge >= 0.3 is 0 Å². The van der Waals surface area contributed by atoms with Gasteiger partial charge in [-0.15, -0.1) is 0 Å². The molecule has 0 atom stereocenters. The van der Waals surface area contributed by atoms with E-state index in [4.69, 9.17) is 38.4 Å². The molecular formula is C18H13Cl2N7O3. The molecule has 30 heavy (non-hydrogen) atoms. The topological polar surface area (TPSA) is 145 Å². The van der Waals surface area contributed by atoms with Crippen LogP contribution in [0.4, 0.5) is 11.5 Å². The molecule has 0 aliphatic rings. The van der Waals surface area contributed by atoms with Crippen LogP contribution in [0.25, 0.3) is 11.3 Å². The smallest absolute Gasteiger partial charge is 0.245 e. The molecule has 12 heteroatoms. The second-order valence-electron chi connectivity index (χ2n) is 5.95. The van der Waals surface area contributed by atoms with Crippen LogP contribution in [-0.4, -0.2) is 38.2 Å². The van der Waals surface area contributed by atoms with E-state index in [1.807, 2.05) is 0 Å². The SMILES string of the molecule is COc1ccc(C(=NN)c2nc3nonc3nc2Nc2ccc(Cl)c(Cl)c2)c(O)c1. The number of rotatable bonds is 5. The van der Waals surface area contributed by atoms with Gasteiger partial charge in [0, 0.05) is 17.3 Å². The number of halogens is 2. The molecule has 0 aliphatic heterocycles. The molecule has 152 valence electrons. The van der Waals surface area contributed by atoms with Crippen LogP contribution in [0, 0.1) is 0 Å². The Morgan fingerprint density at radius 3 is 2.53 bits per heavy atom. The van der Waals surface area contributed by atoms with Crippen molar-refractivity contribution >= 4 is 51.7 Å². The number of ether oxygens (including phenoxy) is 1. The number of anilines is 2. The first-order valence-electron chi connectivity index (χ1n) is 8.38. The van der Waals surface area contributed by atoms with Gasteiger partial charge in [0.25, 0.3) is 0 Å². The standard InChI is InChI=1S/C18H13Cl2N7O3/c1-29-9-3-4-10(13(28)7-9)14(25-21)15-16(24-18-17(23-15)26-30-27-18)22-8-2-5-11(19)12(20)6-8/h2-7,28H,21H2,1H3,(H,22,24,27). The zero-order valence-electron chi connectivity index (χ0n) is 15.3. The molecule has 4 rings (SSSR count). The van der Waals surface area contributed by atoms with E-state index >= 15 is 0 Å². The molecule has 0 saturated carbocycles. The van der Waals surface area contributed by atoms with Gasteiger partial charge in [0.2, 0.25) is 11.3 Å². The van der Waals surface area contributed by atoms with Crippen molar-refractivity contribution in [3.05, 3.63) is 57.7 Å². The summed E-state index contributed by atoms with van der Waals surface area (Å²) in [5.41, 5.74) is 1.53. The molecule has 4 N–H and O–H groups in total. The van der Waals surface area contributed by atoms with E-state index < -0.39 is 0 Å². The lowest BCUT2D eigenvalue weighted by Gasteiger charge is -2.13. The first kappa shape index (κ1) is 19.7. The molecule has 2 aromatic heterocycles. The molecule has 0 radical (unpaired) electrons. The lowest BCUT2D eigenvalue weighted by atomic mass is 10.1. The average Bonchev–Trinajstić information content (AvgIpc) is 3.19. The average molecular weight is 446 g/mol. The Morgan fingerprint density at radius 2 is 1.87 bits per heavy atom. The fourth-order valence-electron chi connectivity index (χ4n) is 2.70. The highest BCUT2D eigenvalue weighted by atomic mass is 35.5. The number of aromatic nitrogens is 4. The fraction of sp³-hybridized carbons (Fsp3) is 0.0556. The number of phenols is 1. The van der Waals surface area contributed by atoms with Gasteiger partial charge in [-0.25, -0.2) is 14.6 Å². The van der Waals surface area contributed by atoms with Gasteiger partial charge in [0.15, 0.2) is 5.82 Å². The van der Waals surface area contributed by atoms with Gasteiger partial charge in [-0.3, -0.25) is 0 Å². The number of hydrogen-bond acceptors (Lipinski definition) is 10. The zero-order chi connectivity index (χ0) is 21.3. The maximum atomic E-state index is 10.4. The summed E-state index contributed by atoms with van der Waals surface area (Å²) in [6, 6.07) is 9.62. The van der Waals surface area contributed by atoms with Crippen molar-refractivity contribution < 1.29 is 14.5 Å². The van der Waals surface area contributed by atoms with Crippen molar-refractivity contribution in [3.63, 3.8) is 0 Å². The molecule has 2 heterocycles. The summed E-state index contributed by atoms with van der Waals surface area (Å²) in [5, 5.41) is 25.5. The number of hydrazone groups is 1. The minimum atomic E-state index is -0.112. The molecule has 0 spiro atoms. The van der Waals surface area contributed by atoms with Crippen molar-refractivity contribution in [2.45, 2.75) is 0 Å². The van der Waals surface area contributed by atoms with E-state index in [0.717, 1.165) is 0 Å². The molecule has 0 aliphatic carbocycles. The third-order valence-electron chi connectivity index (χ3n) is 4.11. The van der Waals surface area contributed by atoms with E-state index in [2.05, 4.69) is 30.7 Å². The first-order valence-corrected chi connectivity index (χ1v) is 9.13. The summed E-state index contributed by atoms with van der Waals surface area (Å²) in [5.74, 6) is 6.24. The van der Waals surface area contributed by atoms with E-state index in [0.29, 0.717) is 27.0 Å². The Morgan fingerprint density at radius 1 is 1.10 bits per heavy atom. The summed E-state index contributed by atoms with van der Waals surface area (Å²) in [6.07, 6.45) is 0. The van der Waals surface area contributed by atoms with Gasteiger partial charge < -0.3 is 21.0 Å². The summed E-state index contributed by atoms with van der Waals surface area (Å²) in [4.78, 5) is 8.78. The van der Waals surface area contributed by atoms with Crippen molar-refractivity contribution in [1.82, 2.24) is 20.3 Å². The minimum Gasteiger partial charge on any atom is -0.507 e. The molecule has 0 bridgehead atoms. The molecule has 4 aromatic rings. The van der Waals surface area contributed by atoms with Gasteiger partial charge in [0.1, 0.15) is 22.9 Å². The van der Waals surface area contributed by atoms with Crippen LogP contribution in [0.15, 0.2) is 46.1 Å². The maximum Gasteiger partial charge on any atom is 0.245 e.